The molecule has 1 aliphatic rings. The third-order valence-electron chi connectivity index (χ3n) is 6.95. The van der Waals surface area contributed by atoms with Gasteiger partial charge in [0.25, 0.3) is 5.56 Å². The number of nitrogens with zero attached hydrogens (tertiary/aromatic N) is 3. The summed E-state index contributed by atoms with van der Waals surface area (Å²) >= 11 is 6.33. The van der Waals surface area contributed by atoms with Crippen molar-refractivity contribution >= 4 is 34.8 Å². The van der Waals surface area contributed by atoms with Gasteiger partial charge in [0.2, 0.25) is 11.8 Å². The summed E-state index contributed by atoms with van der Waals surface area (Å²) in [4.78, 5) is 41.0. The number of aromatic nitrogens is 2. The Balaban J connectivity index is 1.39. The number of benzene rings is 2. The minimum atomic E-state index is -0.556. The van der Waals surface area contributed by atoms with Crippen molar-refractivity contribution in [2.75, 3.05) is 30.4 Å². The second kappa shape index (κ2) is 11.2. The van der Waals surface area contributed by atoms with Gasteiger partial charge in [-0.2, -0.15) is 0 Å². The van der Waals surface area contributed by atoms with Gasteiger partial charge in [0, 0.05) is 37.6 Å². The molecule has 0 fully saturated rings. The number of likely N-dealkylation sites (N-methyl/N-ethyl adjacent to an activating group) is 1. The average molecular weight is 554 g/mol. The molecule has 0 bridgehead atoms. The van der Waals surface area contributed by atoms with E-state index in [0.717, 1.165) is 17.8 Å². The molecule has 9 nitrogen and oxygen atoms in total. The van der Waals surface area contributed by atoms with Crippen LogP contribution in [0.1, 0.15) is 38.4 Å². The van der Waals surface area contributed by atoms with E-state index >= 15 is 0 Å². The molecule has 0 spiro atoms. The molecular formula is C29H36ClN5O4. The number of para-hydroxylation sites is 1. The van der Waals surface area contributed by atoms with E-state index in [4.69, 9.17) is 16.3 Å². The highest BCUT2D eigenvalue weighted by molar-refractivity contribution is 6.31. The summed E-state index contributed by atoms with van der Waals surface area (Å²) < 4.78 is 9.28. The maximum Gasteiger partial charge on any atom is 0.295 e. The number of anilines is 2. The van der Waals surface area contributed by atoms with Crippen LogP contribution in [0.25, 0.3) is 5.69 Å². The van der Waals surface area contributed by atoms with E-state index in [1.807, 2.05) is 64.2 Å². The summed E-state index contributed by atoms with van der Waals surface area (Å²) in [6, 6.07) is 12.9. The van der Waals surface area contributed by atoms with Gasteiger partial charge in [-0.3, -0.25) is 19.1 Å². The zero-order valence-electron chi connectivity index (χ0n) is 23.3. The van der Waals surface area contributed by atoms with Crippen LogP contribution in [0.15, 0.2) is 47.3 Å². The van der Waals surface area contributed by atoms with Crippen molar-refractivity contribution in [3.63, 3.8) is 0 Å². The van der Waals surface area contributed by atoms with Crippen LogP contribution in [0.5, 0.6) is 5.75 Å². The summed E-state index contributed by atoms with van der Waals surface area (Å²) in [6.45, 7) is 8.58. The van der Waals surface area contributed by atoms with E-state index in [1.165, 1.54) is 4.68 Å². The van der Waals surface area contributed by atoms with Crippen LogP contribution >= 0.6 is 11.6 Å². The second-order valence-corrected chi connectivity index (χ2v) is 11.4. The molecule has 0 radical (unpaired) electrons. The van der Waals surface area contributed by atoms with Crippen LogP contribution < -0.4 is 25.8 Å². The number of rotatable bonds is 8. The van der Waals surface area contributed by atoms with Gasteiger partial charge in [-0.25, -0.2) is 4.68 Å². The number of hydrogen-bond donors (Lipinski definition) is 2. The number of ether oxygens (including phenoxy) is 1. The maximum atomic E-state index is 13.1. The predicted molar refractivity (Wildman–Crippen MR) is 154 cm³/mol. The normalized spacial score (nSPS) is 14.9. The number of nitrogens with one attached hydrogen (secondary N) is 2. The molecule has 0 saturated carbocycles. The molecule has 1 unspecified atom stereocenters. The minimum absolute atomic E-state index is 0.00649. The lowest BCUT2D eigenvalue weighted by Gasteiger charge is -2.33. The zero-order valence-corrected chi connectivity index (χ0v) is 24.1. The topological polar surface area (TPSA) is 97.6 Å². The van der Waals surface area contributed by atoms with Crippen molar-refractivity contribution < 1.29 is 14.3 Å². The highest BCUT2D eigenvalue weighted by atomic mass is 35.5. The van der Waals surface area contributed by atoms with Crippen molar-refractivity contribution in [2.24, 2.45) is 12.5 Å². The molecule has 2 N–H and O–H groups in total. The van der Waals surface area contributed by atoms with Crippen LogP contribution in [0, 0.1) is 12.3 Å². The van der Waals surface area contributed by atoms with Crippen molar-refractivity contribution in [1.29, 1.82) is 0 Å². The van der Waals surface area contributed by atoms with Crippen LogP contribution in [-0.4, -0.2) is 47.4 Å². The molecular weight excluding hydrogens is 518 g/mol. The Bertz CT molecular complexity index is 1440. The maximum absolute atomic E-state index is 13.1. The summed E-state index contributed by atoms with van der Waals surface area (Å²) in [5, 5.41) is 6.29. The van der Waals surface area contributed by atoms with E-state index < -0.39 is 5.41 Å². The van der Waals surface area contributed by atoms with Gasteiger partial charge in [-0.15, -0.1) is 0 Å². The number of halogens is 1. The first-order valence-electron chi connectivity index (χ1n) is 13.0. The monoisotopic (exact) mass is 553 g/mol. The Kier molecular flexibility index (Phi) is 8.11. The summed E-state index contributed by atoms with van der Waals surface area (Å²) in [5.41, 5.74) is 2.34. The first kappa shape index (κ1) is 28.3. The molecule has 2 amide bonds. The Labute approximate surface area is 233 Å². The molecule has 4 rings (SSSR count). The van der Waals surface area contributed by atoms with Gasteiger partial charge in [0.1, 0.15) is 17.5 Å². The lowest BCUT2D eigenvalue weighted by molar-refractivity contribution is -0.122. The fourth-order valence-corrected chi connectivity index (χ4v) is 5.11. The largest absolute Gasteiger partial charge is 0.486 e. The highest BCUT2D eigenvalue weighted by Gasteiger charge is 2.27. The van der Waals surface area contributed by atoms with Crippen LogP contribution in [0.2, 0.25) is 5.02 Å². The van der Waals surface area contributed by atoms with Crippen molar-refractivity contribution in [1.82, 2.24) is 14.7 Å². The smallest absolute Gasteiger partial charge is 0.295 e. The van der Waals surface area contributed by atoms with E-state index in [1.54, 1.807) is 24.7 Å². The Hall–Kier alpha value is -3.72. The van der Waals surface area contributed by atoms with Gasteiger partial charge in [-0.1, -0.05) is 43.6 Å². The molecule has 2 aromatic carbocycles. The molecule has 1 atom stereocenters. The Morgan fingerprint density at radius 3 is 2.51 bits per heavy atom. The second-order valence-electron chi connectivity index (χ2n) is 11.0. The lowest BCUT2D eigenvalue weighted by atomic mass is 9.88. The summed E-state index contributed by atoms with van der Waals surface area (Å²) in [5.74, 6) is 0.186. The predicted octanol–water partition coefficient (Wildman–Crippen LogP) is 4.07. The molecule has 0 aliphatic carbocycles. The third kappa shape index (κ3) is 6.30. The van der Waals surface area contributed by atoms with Crippen LogP contribution in [0.3, 0.4) is 0 Å². The molecule has 10 heteroatoms. The quantitative estimate of drug-likeness (QED) is 0.438. The van der Waals surface area contributed by atoms with Crippen molar-refractivity contribution in [3.05, 3.63) is 69.1 Å². The minimum Gasteiger partial charge on any atom is -0.486 e. The fraction of sp³-hybridized carbons (Fsp3) is 0.414. The van der Waals surface area contributed by atoms with E-state index in [-0.39, 0.29) is 48.6 Å². The van der Waals surface area contributed by atoms with Gasteiger partial charge in [0.15, 0.2) is 0 Å². The van der Waals surface area contributed by atoms with Crippen LogP contribution in [0.4, 0.5) is 11.4 Å². The van der Waals surface area contributed by atoms with Crippen molar-refractivity contribution in [2.45, 2.75) is 46.6 Å². The summed E-state index contributed by atoms with van der Waals surface area (Å²) in [6.07, 6.45) is 0.214. The van der Waals surface area contributed by atoms with Gasteiger partial charge < -0.3 is 20.3 Å². The average Bonchev–Trinajstić information content (AvgIpc) is 3.06. The van der Waals surface area contributed by atoms with E-state index in [2.05, 4.69) is 15.5 Å². The number of hydrogen-bond acceptors (Lipinski definition) is 5. The molecule has 2 heterocycles. The molecule has 1 aromatic heterocycles. The van der Waals surface area contributed by atoms with Gasteiger partial charge in [0.05, 0.1) is 30.0 Å². The highest BCUT2D eigenvalue weighted by Crippen LogP contribution is 2.38. The number of amides is 2. The van der Waals surface area contributed by atoms with Gasteiger partial charge >= 0.3 is 0 Å². The number of carbonyl (C=O) groups excluding carboxylic acids is 2. The lowest BCUT2D eigenvalue weighted by Crippen LogP contribution is -2.38. The van der Waals surface area contributed by atoms with Crippen LogP contribution in [-0.2, 0) is 23.1 Å². The third-order valence-corrected chi connectivity index (χ3v) is 7.16. The Morgan fingerprint density at radius 2 is 1.82 bits per heavy atom. The molecule has 1 aliphatic heterocycles. The Morgan fingerprint density at radius 1 is 1.13 bits per heavy atom. The standard InChI is InChI=1S/C29H36ClN5O4/c1-18-16-33(5)23-14-21(30)12-20(27(23)39-18)13-24(36)31-17-29(3,4)15-25(37)32-26-19(2)34(6)35(28(26)38)22-10-8-7-9-11-22/h7-12,14,18H,13,15-17H2,1-6H3,(H,31,36)(H,32,37). The number of carbonyl (C=O) groups is 2. The SMILES string of the molecule is Cc1c(NC(=O)CC(C)(C)CNC(=O)Cc2cc(Cl)cc3c2OC(C)CN3C)c(=O)n(-c2ccccc2)n1C. The van der Waals surface area contributed by atoms with Crippen molar-refractivity contribution in [3.8, 4) is 11.4 Å². The van der Waals surface area contributed by atoms with E-state index in [0.29, 0.717) is 22.2 Å². The first-order valence-corrected chi connectivity index (χ1v) is 13.3. The first-order chi connectivity index (χ1) is 18.4. The van der Waals surface area contributed by atoms with Gasteiger partial charge in [-0.05, 0) is 43.5 Å². The molecule has 3 aromatic rings. The number of fused-ring (bicyclic) bond motifs is 1. The van der Waals surface area contributed by atoms with E-state index in [9.17, 15) is 14.4 Å². The molecule has 0 saturated heterocycles. The zero-order chi connectivity index (χ0) is 28.5. The fourth-order valence-electron chi connectivity index (χ4n) is 4.87. The molecule has 39 heavy (non-hydrogen) atoms. The summed E-state index contributed by atoms with van der Waals surface area (Å²) in [7, 11) is 3.75. The molecule has 208 valence electrons.